The molecule has 0 amide bonds. The van der Waals surface area contributed by atoms with Gasteiger partial charge >= 0.3 is 6.18 Å². The number of ether oxygens (including phenoxy) is 1. The van der Waals surface area contributed by atoms with Crippen molar-refractivity contribution < 1.29 is 28.1 Å². The summed E-state index contributed by atoms with van der Waals surface area (Å²) in [6.07, 6.45) is -8.18. The molecule has 2 rings (SSSR count). The van der Waals surface area contributed by atoms with E-state index in [9.17, 15) is 18.3 Å². The van der Waals surface area contributed by atoms with Gasteiger partial charge in [0, 0.05) is 6.20 Å². The van der Waals surface area contributed by atoms with Gasteiger partial charge in [0.05, 0.1) is 12.7 Å². The first-order chi connectivity index (χ1) is 9.25. The van der Waals surface area contributed by atoms with Crippen molar-refractivity contribution in [3.8, 4) is 0 Å². The van der Waals surface area contributed by atoms with E-state index in [4.69, 9.17) is 34.3 Å². The standard InChI is InChI=1S/C10H11F3N2O3S2/c11-10(12,13)6-7(17)4(3-16)18-8(6)15-2-1-5(19)14-9(15)20/h1-2,4,6-8,16-17H,3H2,(H,14,19,20)/t4-,6?,7?,8-/m1/s1. The molecule has 1 saturated heterocycles. The Labute approximate surface area is 121 Å². The van der Waals surface area contributed by atoms with Crippen LogP contribution in [0.5, 0.6) is 0 Å². The van der Waals surface area contributed by atoms with Crippen molar-refractivity contribution in [2.24, 2.45) is 5.92 Å². The number of aromatic amines is 1. The molecule has 1 fully saturated rings. The number of nitrogens with one attached hydrogen (secondary N) is 1. The lowest BCUT2D eigenvalue weighted by atomic mass is 9.99. The molecule has 0 radical (unpaired) electrons. The second-order valence-corrected chi connectivity index (χ2v) is 5.15. The summed E-state index contributed by atoms with van der Waals surface area (Å²) < 4.78 is 45.5. The number of nitrogens with zero attached hydrogens (tertiary/aromatic N) is 1. The lowest BCUT2D eigenvalue weighted by Gasteiger charge is -2.24. The number of aromatic nitrogens is 2. The number of alkyl halides is 3. The van der Waals surface area contributed by atoms with Crippen molar-refractivity contribution in [2.75, 3.05) is 6.61 Å². The van der Waals surface area contributed by atoms with Crippen LogP contribution in [0.1, 0.15) is 6.23 Å². The average molecular weight is 328 g/mol. The van der Waals surface area contributed by atoms with Crippen LogP contribution in [0.15, 0.2) is 12.3 Å². The summed E-state index contributed by atoms with van der Waals surface area (Å²) >= 11 is 9.73. The highest BCUT2D eigenvalue weighted by atomic mass is 32.1. The highest BCUT2D eigenvalue weighted by Crippen LogP contribution is 2.44. The van der Waals surface area contributed by atoms with Crippen LogP contribution in [0.4, 0.5) is 13.2 Å². The van der Waals surface area contributed by atoms with Crippen molar-refractivity contribution in [1.29, 1.82) is 0 Å². The zero-order valence-corrected chi connectivity index (χ0v) is 11.5. The Balaban J connectivity index is 2.47. The van der Waals surface area contributed by atoms with Crippen LogP contribution in [0.25, 0.3) is 0 Å². The van der Waals surface area contributed by atoms with Crippen molar-refractivity contribution >= 4 is 24.4 Å². The van der Waals surface area contributed by atoms with Crippen molar-refractivity contribution in [3.05, 3.63) is 21.7 Å². The predicted molar refractivity (Wildman–Crippen MR) is 67.0 cm³/mol. The molecule has 0 bridgehead atoms. The number of hydrogen-bond acceptors (Lipinski definition) is 5. The molecule has 0 aromatic carbocycles. The van der Waals surface area contributed by atoms with Gasteiger partial charge in [-0.2, -0.15) is 13.2 Å². The molecule has 0 saturated carbocycles. The molecular formula is C10H11F3N2O3S2. The van der Waals surface area contributed by atoms with Gasteiger partial charge in [0.15, 0.2) is 11.0 Å². The van der Waals surface area contributed by atoms with Gasteiger partial charge < -0.3 is 19.9 Å². The fourth-order valence-corrected chi connectivity index (χ4v) is 2.61. The third-order valence-electron chi connectivity index (χ3n) is 3.05. The fourth-order valence-electron chi connectivity index (χ4n) is 2.12. The maximum Gasteiger partial charge on any atom is 0.398 e. The minimum atomic E-state index is -4.70. The predicted octanol–water partition coefficient (Wildman–Crippen LogP) is 1.70. The van der Waals surface area contributed by atoms with Gasteiger partial charge in [-0.1, -0.05) is 12.2 Å². The molecule has 4 atom stereocenters. The molecule has 3 N–H and O–H groups in total. The molecule has 1 aromatic heterocycles. The van der Waals surface area contributed by atoms with E-state index in [1.54, 1.807) is 0 Å². The first kappa shape index (κ1) is 15.6. The van der Waals surface area contributed by atoms with Gasteiger partial charge in [-0.3, -0.25) is 4.57 Å². The van der Waals surface area contributed by atoms with E-state index < -0.39 is 37.1 Å². The second kappa shape index (κ2) is 5.53. The van der Waals surface area contributed by atoms with E-state index in [1.807, 2.05) is 0 Å². The van der Waals surface area contributed by atoms with Crippen LogP contribution < -0.4 is 0 Å². The molecule has 2 heterocycles. The first-order valence-corrected chi connectivity index (χ1v) is 6.40. The van der Waals surface area contributed by atoms with E-state index in [2.05, 4.69) is 4.98 Å². The highest BCUT2D eigenvalue weighted by molar-refractivity contribution is 7.72. The number of aliphatic hydroxyl groups excluding tert-OH is 2. The smallest absolute Gasteiger partial charge is 0.394 e. The van der Waals surface area contributed by atoms with E-state index in [0.717, 1.165) is 4.57 Å². The van der Waals surface area contributed by atoms with E-state index in [-0.39, 0.29) is 9.41 Å². The third-order valence-corrected chi connectivity index (χ3v) is 3.60. The normalized spacial score (nSPS) is 30.6. The second-order valence-electron chi connectivity index (χ2n) is 4.32. The van der Waals surface area contributed by atoms with Gasteiger partial charge in [-0.15, -0.1) is 0 Å². The van der Waals surface area contributed by atoms with E-state index in [0.29, 0.717) is 0 Å². The maximum absolute atomic E-state index is 13.1. The minimum absolute atomic E-state index is 0.0532. The Morgan fingerprint density at radius 2 is 2.05 bits per heavy atom. The first-order valence-electron chi connectivity index (χ1n) is 5.58. The molecule has 1 aliphatic heterocycles. The zero-order chi connectivity index (χ0) is 15.1. The van der Waals surface area contributed by atoms with Gasteiger partial charge in [0.25, 0.3) is 0 Å². The Kier molecular flexibility index (Phi) is 4.30. The van der Waals surface area contributed by atoms with E-state index in [1.165, 1.54) is 12.3 Å². The summed E-state index contributed by atoms with van der Waals surface area (Å²) in [6, 6.07) is 1.36. The van der Waals surface area contributed by atoms with Crippen molar-refractivity contribution in [1.82, 2.24) is 9.55 Å². The van der Waals surface area contributed by atoms with Crippen LogP contribution in [0.3, 0.4) is 0 Å². The zero-order valence-electron chi connectivity index (χ0n) is 9.87. The Hall–Kier alpha value is -0.810. The molecule has 5 nitrogen and oxygen atoms in total. The van der Waals surface area contributed by atoms with Gasteiger partial charge in [-0.05, 0) is 18.3 Å². The molecule has 1 aromatic rings. The highest BCUT2D eigenvalue weighted by Gasteiger charge is 2.57. The van der Waals surface area contributed by atoms with Gasteiger partial charge in [0.2, 0.25) is 0 Å². The maximum atomic E-state index is 13.1. The lowest BCUT2D eigenvalue weighted by Crippen LogP contribution is -2.38. The van der Waals surface area contributed by atoms with Crippen molar-refractivity contribution in [3.63, 3.8) is 0 Å². The topological polar surface area (TPSA) is 70.4 Å². The Bertz CT molecular complexity index is 600. The number of rotatable bonds is 2. The molecule has 20 heavy (non-hydrogen) atoms. The molecular weight excluding hydrogens is 317 g/mol. The number of H-pyrrole nitrogens is 1. The van der Waals surface area contributed by atoms with Crippen LogP contribution in [0, 0.1) is 15.3 Å². The van der Waals surface area contributed by atoms with E-state index >= 15 is 0 Å². The van der Waals surface area contributed by atoms with Crippen LogP contribution in [-0.2, 0) is 4.74 Å². The molecule has 112 valence electrons. The van der Waals surface area contributed by atoms with Gasteiger partial charge in [-0.25, -0.2) is 0 Å². The molecule has 1 aliphatic rings. The quantitative estimate of drug-likeness (QED) is 0.721. The minimum Gasteiger partial charge on any atom is -0.394 e. The van der Waals surface area contributed by atoms with Crippen LogP contribution >= 0.6 is 24.4 Å². The fraction of sp³-hybridized carbons (Fsp3) is 0.600. The summed E-state index contributed by atoms with van der Waals surface area (Å²) in [5, 5.41) is 18.7. The largest absolute Gasteiger partial charge is 0.398 e. The summed E-state index contributed by atoms with van der Waals surface area (Å²) in [5.41, 5.74) is 0. The summed E-state index contributed by atoms with van der Waals surface area (Å²) in [5.74, 6) is -2.18. The summed E-state index contributed by atoms with van der Waals surface area (Å²) in [7, 11) is 0. The van der Waals surface area contributed by atoms with Gasteiger partial charge in [0.1, 0.15) is 16.7 Å². The Morgan fingerprint density at radius 1 is 1.40 bits per heavy atom. The Morgan fingerprint density at radius 3 is 2.55 bits per heavy atom. The average Bonchev–Trinajstić information content (AvgIpc) is 2.65. The van der Waals surface area contributed by atoms with Crippen LogP contribution in [-0.4, -0.2) is 44.8 Å². The van der Waals surface area contributed by atoms with Crippen LogP contribution in [0.2, 0.25) is 0 Å². The molecule has 2 unspecified atom stereocenters. The number of aliphatic hydroxyl groups is 2. The lowest BCUT2D eigenvalue weighted by molar-refractivity contribution is -0.211. The van der Waals surface area contributed by atoms with Crippen molar-refractivity contribution in [2.45, 2.75) is 24.6 Å². The summed E-state index contributed by atoms with van der Waals surface area (Å²) in [6.45, 7) is -0.722. The monoisotopic (exact) mass is 328 g/mol. The summed E-state index contributed by atoms with van der Waals surface area (Å²) in [4.78, 5) is 2.54. The number of halogens is 3. The number of hydrogen-bond donors (Lipinski definition) is 3. The third kappa shape index (κ3) is 2.79. The molecule has 0 aliphatic carbocycles. The SMILES string of the molecule is OC[C@H]1O[C@@H](n2ccc(=S)[nH]c2=S)C(C(F)(F)F)C1O. The molecule has 0 spiro atoms. The molecule has 10 heteroatoms.